The molecule has 2 heterocycles. The van der Waals surface area contributed by atoms with Gasteiger partial charge in [0, 0.05) is 31.1 Å². The number of carbonyl (C=O) groups excluding carboxylic acids is 1. The van der Waals surface area contributed by atoms with Gasteiger partial charge in [0.1, 0.15) is 29.9 Å². The van der Waals surface area contributed by atoms with Crippen molar-refractivity contribution in [2.24, 2.45) is 0 Å². The van der Waals surface area contributed by atoms with Gasteiger partial charge in [-0.25, -0.2) is 31.9 Å². The van der Waals surface area contributed by atoms with Gasteiger partial charge in [0.2, 0.25) is 10.0 Å². The van der Waals surface area contributed by atoms with Crippen molar-refractivity contribution >= 4 is 27.5 Å². The fraction of sp³-hybridized carbons (Fsp3) is 0.720. The average Bonchev–Trinajstić information content (AvgIpc) is 3.75. The van der Waals surface area contributed by atoms with E-state index in [4.69, 9.17) is 16.3 Å². The summed E-state index contributed by atoms with van der Waals surface area (Å²) in [6, 6.07) is 0.589. The molecule has 218 valence electrons. The maximum absolute atomic E-state index is 15.7. The number of hydrogen-bond acceptors (Lipinski definition) is 6. The van der Waals surface area contributed by atoms with Gasteiger partial charge >= 0.3 is 6.18 Å². The number of benzene rings is 1. The molecule has 4 fully saturated rings. The minimum Gasteiger partial charge on any atom is -0.490 e. The highest BCUT2D eigenvalue weighted by atomic mass is 35.5. The van der Waals surface area contributed by atoms with Gasteiger partial charge in [-0.05, 0) is 68.9 Å². The summed E-state index contributed by atoms with van der Waals surface area (Å²) in [5.41, 5.74) is -1.76. The third kappa shape index (κ3) is 6.62. The van der Waals surface area contributed by atoms with Gasteiger partial charge < -0.3 is 4.74 Å². The first-order chi connectivity index (χ1) is 18.3. The molecule has 0 spiro atoms. The number of nitrogens with one attached hydrogen (secondary N) is 1. The van der Waals surface area contributed by atoms with Gasteiger partial charge in [-0.1, -0.05) is 0 Å². The van der Waals surface area contributed by atoms with Crippen LogP contribution in [0.4, 0.5) is 22.0 Å². The van der Waals surface area contributed by atoms with Crippen molar-refractivity contribution < 1.29 is 39.9 Å². The lowest BCUT2D eigenvalue weighted by Gasteiger charge is -2.48. The maximum Gasteiger partial charge on any atom is 0.405 e. The van der Waals surface area contributed by atoms with Crippen LogP contribution < -0.4 is 9.46 Å². The highest BCUT2D eigenvalue weighted by Crippen LogP contribution is 2.46. The number of piperidine rings is 2. The first-order valence-electron chi connectivity index (χ1n) is 13.2. The van der Waals surface area contributed by atoms with E-state index in [1.165, 1.54) is 16.1 Å². The largest absolute Gasteiger partial charge is 0.490 e. The van der Waals surface area contributed by atoms with Gasteiger partial charge in [0.15, 0.2) is 0 Å². The van der Waals surface area contributed by atoms with Crippen molar-refractivity contribution in [3.8, 4) is 5.75 Å². The second-order valence-corrected chi connectivity index (χ2v) is 13.6. The molecular weight excluding hydrogens is 569 g/mol. The van der Waals surface area contributed by atoms with Crippen molar-refractivity contribution in [1.29, 1.82) is 0 Å². The number of alkyl halides is 5. The standard InChI is InChI=1S/C25H31ClF5N3O4S/c26-16-3-6-22(25(29,30)31)34(13-16)33-9-7-24(28,8-10-33)14-38-21-12-20(27)19(11-18(21)15-1-2-15)23(35)32-39(36,37)17-4-5-17/h11-12,15-17,22H,1-10,13-14H2,(H,32,35). The Balaban J connectivity index is 1.24. The van der Waals surface area contributed by atoms with Gasteiger partial charge in [-0.15, -0.1) is 11.6 Å². The zero-order chi connectivity index (χ0) is 28.2. The molecule has 5 rings (SSSR count). The fourth-order valence-electron chi connectivity index (χ4n) is 5.29. The molecule has 7 nitrogen and oxygen atoms in total. The predicted octanol–water partition coefficient (Wildman–Crippen LogP) is 4.66. The van der Waals surface area contributed by atoms with E-state index in [-0.39, 0.29) is 57.0 Å². The smallest absolute Gasteiger partial charge is 0.405 e. The summed E-state index contributed by atoms with van der Waals surface area (Å²) in [4.78, 5) is 12.5. The van der Waals surface area contributed by atoms with Crippen LogP contribution in [0.2, 0.25) is 0 Å². The summed E-state index contributed by atoms with van der Waals surface area (Å²) < 4.78 is 103. The van der Waals surface area contributed by atoms with E-state index in [1.807, 2.05) is 4.72 Å². The number of ether oxygens (including phenoxy) is 1. The summed E-state index contributed by atoms with van der Waals surface area (Å²) in [7, 11) is -3.86. The second kappa shape index (κ2) is 10.6. The normalized spacial score (nSPS) is 26.8. The van der Waals surface area contributed by atoms with Crippen LogP contribution in [0, 0.1) is 5.82 Å². The summed E-state index contributed by atoms with van der Waals surface area (Å²) in [6.45, 7) is -0.293. The molecule has 2 atom stereocenters. The highest BCUT2D eigenvalue weighted by molar-refractivity contribution is 7.91. The molecule has 39 heavy (non-hydrogen) atoms. The van der Waals surface area contributed by atoms with E-state index in [9.17, 15) is 30.8 Å². The Bertz CT molecular complexity index is 1200. The van der Waals surface area contributed by atoms with Crippen LogP contribution in [0.25, 0.3) is 0 Å². The van der Waals surface area contributed by atoms with Crippen molar-refractivity contribution in [1.82, 2.24) is 14.7 Å². The monoisotopic (exact) mass is 599 g/mol. The Morgan fingerprint density at radius 2 is 1.77 bits per heavy atom. The fourth-order valence-corrected chi connectivity index (χ4v) is 6.85. The maximum atomic E-state index is 15.7. The predicted molar refractivity (Wildman–Crippen MR) is 133 cm³/mol. The van der Waals surface area contributed by atoms with Crippen LogP contribution >= 0.6 is 11.6 Å². The first-order valence-corrected chi connectivity index (χ1v) is 15.2. The van der Waals surface area contributed by atoms with E-state index in [0.717, 1.165) is 18.9 Å². The van der Waals surface area contributed by atoms with E-state index >= 15 is 4.39 Å². The van der Waals surface area contributed by atoms with Crippen molar-refractivity contribution in [3.63, 3.8) is 0 Å². The molecular formula is C25H31ClF5N3O4S. The Labute approximate surface area is 229 Å². The topological polar surface area (TPSA) is 78.9 Å². The quantitative estimate of drug-likeness (QED) is 0.346. The van der Waals surface area contributed by atoms with Crippen LogP contribution in [0.1, 0.15) is 73.2 Å². The second-order valence-electron chi connectivity index (χ2n) is 11.1. The van der Waals surface area contributed by atoms with Crippen LogP contribution in [-0.4, -0.2) is 79.1 Å². The zero-order valence-electron chi connectivity index (χ0n) is 21.2. The molecule has 2 aliphatic heterocycles. The summed E-state index contributed by atoms with van der Waals surface area (Å²) in [6.07, 6.45) is -2.03. The molecule has 2 saturated heterocycles. The number of hydrazine groups is 1. The molecule has 14 heteroatoms. The molecule has 0 radical (unpaired) electrons. The van der Waals surface area contributed by atoms with E-state index < -0.39 is 62.4 Å². The lowest BCUT2D eigenvalue weighted by atomic mass is 9.94. The van der Waals surface area contributed by atoms with Crippen molar-refractivity contribution in [2.45, 2.75) is 85.8 Å². The lowest BCUT2D eigenvalue weighted by molar-refractivity contribution is -0.238. The molecule has 2 saturated carbocycles. The minimum atomic E-state index is -4.42. The molecule has 0 aromatic heterocycles. The number of halogens is 6. The third-order valence-corrected chi connectivity index (χ3v) is 10.1. The summed E-state index contributed by atoms with van der Waals surface area (Å²) in [5.74, 6) is -1.99. The average molecular weight is 600 g/mol. The van der Waals surface area contributed by atoms with Crippen LogP contribution in [0.3, 0.4) is 0 Å². The SMILES string of the molecule is O=C(NS(=O)(=O)C1CC1)c1cc(C2CC2)c(OCC2(F)CCN(N3CC(Cl)CCC3C(F)(F)F)CC2)cc1F. The lowest BCUT2D eigenvalue weighted by Crippen LogP contribution is -2.61. The minimum absolute atomic E-state index is 0.0218. The van der Waals surface area contributed by atoms with E-state index in [2.05, 4.69) is 0 Å². The van der Waals surface area contributed by atoms with Gasteiger partial charge in [0.05, 0.1) is 10.8 Å². The molecule has 1 amide bonds. The molecule has 4 aliphatic rings. The van der Waals surface area contributed by atoms with Crippen LogP contribution in [0.15, 0.2) is 12.1 Å². The summed E-state index contributed by atoms with van der Waals surface area (Å²) in [5, 5.41) is 1.67. The molecule has 2 unspecified atom stereocenters. The number of nitrogens with zero attached hydrogens (tertiary/aromatic N) is 2. The first kappa shape index (κ1) is 28.8. The van der Waals surface area contributed by atoms with Crippen LogP contribution in [0.5, 0.6) is 5.75 Å². The zero-order valence-corrected chi connectivity index (χ0v) is 22.7. The Morgan fingerprint density at radius 3 is 2.36 bits per heavy atom. The summed E-state index contributed by atoms with van der Waals surface area (Å²) >= 11 is 6.14. The highest BCUT2D eigenvalue weighted by Gasteiger charge is 2.49. The van der Waals surface area contributed by atoms with Crippen LogP contribution in [-0.2, 0) is 10.0 Å². The number of hydrogen-bond donors (Lipinski definition) is 1. The Hall–Kier alpha value is -1.70. The molecule has 1 aromatic rings. The number of rotatable bonds is 8. The van der Waals surface area contributed by atoms with Gasteiger partial charge in [-0.3, -0.25) is 4.79 Å². The molecule has 0 bridgehead atoms. The molecule has 2 aliphatic carbocycles. The Morgan fingerprint density at radius 1 is 1.10 bits per heavy atom. The molecule has 1 N–H and O–H groups in total. The molecule has 1 aromatic carbocycles. The van der Waals surface area contributed by atoms with Crippen molar-refractivity contribution in [2.75, 3.05) is 26.2 Å². The number of carbonyl (C=O) groups is 1. The van der Waals surface area contributed by atoms with E-state index in [1.54, 1.807) is 0 Å². The van der Waals surface area contributed by atoms with Crippen molar-refractivity contribution in [3.05, 3.63) is 29.1 Å². The van der Waals surface area contributed by atoms with Gasteiger partial charge in [0.25, 0.3) is 5.91 Å². The third-order valence-electron chi connectivity index (χ3n) is 7.92. The number of amides is 1. The van der Waals surface area contributed by atoms with Gasteiger partial charge in [-0.2, -0.15) is 13.2 Å². The Kier molecular flexibility index (Phi) is 7.84. The number of sulfonamides is 1. The van der Waals surface area contributed by atoms with E-state index in [0.29, 0.717) is 18.4 Å².